The first-order valence-electron chi connectivity index (χ1n) is 8.33. The van der Waals surface area contributed by atoms with Crippen LogP contribution in [0.3, 0.4) is 0 Å². The number of pyridine rings is 1. The molecule has 6 nitrogen and oxygen atoms in total. The van der Waals surface area contributed by atoms with Crippen LogP contribution in [0.5, 0.6) is 5.75 Å². The Morgan fingerprint density at radius 1 is 1.15 bits per heavy atom. The Hall–Kier alpha value is -3.28. The van der Waals surface area contributed by atoms with Crippen LogP contribution in [0.15, 0.2) is 36.5 Å². The number of methoxy groups -OCH3 is 1. The van der Waals surface area contributed by atoms with Crippen LogP contribution in [-0.2, 0) is 11.3 Å². The van der Waals surface area contributed by atoms with Gasteiger partial charge in [0, 0.05) is 34.9 Å². The number of aromatic amines is 1. The van der Waals surface area contributed by atoms with Crippen molar-refractivity contribution in [1.29, 1.82) is 0 Å². The van der Waals surface area contributed by atoms with Gasteiger partial charge in [-0.25, -0.2) is 4.79 Å². The molecule has 6 heteroatoms. The lowest BCUT2D eigenvalue weighted by Crippen LogP contribution is -2.19. The van der Waals surface area contributed by atoms with Crippen molar-refractivity contribution in [1.82, 2.24) is 15.3 Å². The second kappa shape index (κ2) is 6.22. The fourth-order valence-electron chi connectivity index (χ4n) is 3.37. The fraction of sp³-hybridized carbons (Fsp3) is 0.200. The van der Waals surface area contributed by atoms with Gasteiger partial charge in [-0.3, -0.25) is 4.98 Å². The first-order valence-corrected chi connectivity index (χ1v) is 8.33. The number of carbonyl (C=O) groups excluding carboxylic acids is 1. The highest BCUT2D eigenvalue weighted by molar-refractivity contribution is 6.14. The average Bonchev–Trinajstić information content (AvgIpc) is 3.04. The molecule has 0 radical (unpaired) electrons. The number of nitrogens with one attached hydrogen (secondary N) is 2. The molecule has 0 aliphatic heterocycles. The monoisotopic (exact) mass is 349 g/mol. The molecule has 26 heavy (non-hydrogen) atoms. The van der Waals surface area contributed by atoms with E-state index in [9.17, 15) is 4.79 Å². The van der Waals surface area contributed by atoms with Crippen LogP contribution in [0.2, 0.25) is 0 Å². The first kappa shape index (κ1) is 16.2. The van der Waals surface area contributed by atoms with E-state index in [2.05, 4.69) is 28.3 Å². The fourth-order valence-corrected chi connectivity index (χ4v) is 3.37. The second-order valence-electron chi connectivity index (χ2n) is 6.14. The van der Waals surface area contributed by atoms with Crippen LogP contribution in [0, 0.1) is 6.92 Å². The summed E-state index contributed by atoms with van der Waals surface area (Å²) >= 11 is 0. The lowest BCUT2D eigenvalue weighted by atomic mass is 10.0. The topological polar surface area (TPSA) is 76.2 Å². The molecule has 132 valence electrons. The lowest BCUT2D eigenvalue weighted by molar-refractivity contribution is 0.141. The number of rotatable bonds is 3. The number of benzene rings is 2. The molecular formula is C20H19N3O3. The molecule has 2 aromatic carbocycles. The quantitative estimate of drug-likeness (QED) is 0.585. The van der Waals surface area contributed by atoms with Crippen LogP contribution in [-0.4, -0.2) is 30.2 Å². The van der Waals surface area contributed by atoms with Gasteiger partial charge >= 0.3 is 6.09 Å². The Bertz CT molecular complexity index is 1150. The Morgan fingerprint density at radius 2 is 2.00 bits per heavy atom. The summed E-state index contributed by atoms with van der Waals surface area (Å²) in [6.07, 6.45) is 1.27. The van der Waals surface area contributed by atoms with E-state index in [-0.39, 0.29) is 6.61 Å². The molecule has 0 aliphatic rings. The maximum atomic E-state index is 11.4. The van der Waals surface area contributed by atoms with Crippen molar-refractivity contribution in [2.75, 3.05) is 14.2 Å². The minimum Gasteiger partial charge on any atom is -0.497 e. The minimum absolute atomic E-state index is 0.119. The van der Waals surface area contributed by atoms with Gasteiger partial charge in [-0.05, 0) is 48.2 Å². The van der Waals surface area contributed by atoms with Crippen molar-refractivity contribution in [2.45, 2.75) is 13.5 Å². The van der Waals surface area contributed by atoms with Gasteiger partial charge in [0.25, 0.3) is 0 Å². The van der Waals surface area contributed by atoms with E-state index in [0.29, 0.717) is 0 Å². The van der Waals surface area contributed by atoms with Gasteiger partial charge in [-0.2, -0.15) is 0 Å². The number of nitrogens with zero attached hydrogens (tertiary/aromatic N) is 1. The first-order chi connectivity index (χ1) is 12.6. The van der Waals surface area contributed by atoms with Crippen LogP contribution in [0.25, 0.3) is 32.6 Å². The molecule has 0 bridgehead atoms. The highest BCUT2D eigenvalue weighted by Gasteiger charge is 2.14. The van der Waals surface area contributed by atoms with Crippen LogP contribution >= 0.6 is 0 Å². The Balaban J connectivity index is 1.97. The average molecular weight is 349 g/mol. The van der Waals surface area contributed by atoms with Gasteiger partial charge in [0.2, 0.25) is 0 Å². The molecule has 2 heterocycles. The normalized spacial score (nSPS) is 11.2. The van der Waals surface area contributed by atoms with Crippen molar-refractivity contribution in [3.63, 3.8) is 0 Å². The number of aromatic nitrogens is 2. The van der Waals surface area contributed by atoms with E-state index in [1.807, 2.05) is 24.3 Å². The molecule has 0 saturated heterocycles. The number of alkyl carbamates (subject to hydrolysis) is 1. The Labute approximate surface area is 150 Å². The van der Waals surface area contributed by atoms with Gasteiger partial charge in [0.15, 0.2) is 0 Å². The molecule has 2 N–H and O–H groups in total. The lowest BCUT2D eigenvalue weighted by Gasteiger charge is -2.10. The van der Waals surface area contributed by atoms with Gasteiger partial charge in [0.1, 0.15) is 12.4 Å². The summed E-state index contributed by atoms with van der Waals surface area (Å²) in [5, 5.41) is 6.70. The summed E-state index contributed by atoms with van der Waals surface area (Å²) in [6.45, 7) is 2.20. The van der Waals surface area contributed by atoms with Crippen molar-refractivity contribution in [2.24, 2.45) is 0 Å². The molecule has 0 atom stereocenters. The number of hydrogen-bond donors (Lipinski definition) is 2. The molecule has 2 aromatic heterocycles. The Kier molecular flexibility index (Phi) is 3.88. The number of carbonyl (C=O) groups is 1. The van der Waals surface area contributed by atoms with Crippen molar-refractivity contribution >= 4 is 38.7 Å². The van der Waals surface area contributed by atoms with E-state index < -0.39 is 6.09 Å². The van der Waals surface area contributed by atoms with Gasteiger partial charge < -0.3 is 19.8 Å². The van der Waals surface area contributed by atoms with E-state index in [0.717, 1.165) is 49.6 Å². The zero-order chi connectivity index (χ0) is 18.3. The zero-order valence-electron chi connectivity index (χ0n) is 14.8. The van der Waals surface area contributed by atoms with Crippen LogP contribution in [0.1, 0.15) is 11.3 Å². The van der Waals surface area contributed by atoms with Crippen molar-refractivity contribution in [3.05, 3.63) is 47.8 Å². The largest absolute Gasteiger partial charge is 0.497 e. The van der Waals surface area contributed by atoms with Gasteiger partial charge in [0.05, 0.1) is 18.3 Å². The summed E-state index contributed by atoms with van der Waals surface area (Å²) in [6, 6.07) is 10.1. The smallest absolute Gasteiger partial charge is 0.407 e. The molecule has 4 aromatic rings. The molecular weight excluding hydrogens is 330 g/mol. The van der Waals surface area contributed by atoms with E-state index in [1.54, 1.807) is 13.3 Å². The predicted octanol–water partition coefficient (Wildman–Crippen LogP) is 4.04. The summed E-state index contributed by atoms with van der Waals surface area (Å²) in [5.41, 5.74) is 4.00. The number of ether oxygens (including phenoxy) is 2. The van der Waals surface area contributed by atoms with Gasteiger partial charge in [-0.1, -0.05) is 0 Å². The second-order valence-corrected chi connectivity index (χ2v) is 6.14. The molecule has 1 amide bonds. The highest BCUT2D eigenvalue weighted by atomic mass is 16.5. The number of hydrogen-bond acceptors (Lipinski definition) is 4. The van der Waals surface area contributed by atoms with Crippen LogP contribution < -0.4 is 10.1 Å². The maximum absolute atomic E-state index is 11.4. The number of aryl methyl sites for hydroxylation is 1. The zero-order valence-corrected chi connectivity index (χ0v) is 14.8. The standard InChI is InChI=1S/C20H19N3O3/c1-11-13-6-7-22-18(10-26-20(24)21-2)15(13)9-16-14-8-12(25-3)4-5-17(14)23-19(11)16/h4-9,23H,10H2,1-3H3,(H,21,24). The number of H-pyrrole nitrogens is 1. The minimum atomic E-state index is -0.474. The molecule has 0 unspecified atom stereocenters. The van der Waals surface area contributed by atoms with E-state index in [4.69, 9.17) is 9.47 Å². The number of amides is 1. The SMILES string of the molecule is CNC(=O)OCc1nccc2c(C)c3[nH]c4ccc(OC)cc4c3cc12. The van der Waals surface area contributed by atoms with Crippen LogP contribution in [0.4, 0.5) is 4.79 Å². The third-order valence-electron chi connectivity index (χ3n) is 4.73. The van der Waals surface area contributed by atoms with Crippen molar-refractivity contribution in [3.8, 4) is 5.75 Å². The predicted molar refractivity (Wildman–Crippen MR) is 102 cm³/mol. The molecule has 4 rings (SSSR count). The summed E-state index contributed by atoms with van der Waals surface area (Å²) in [4.78, 5) is 19.3. The third kappa shape index (κ3) is 2.50. The highest BCUT2D eigenvalue weighted by Crippen LogP contribution is 2.35. The summed E-state index contributed by atoms with van der Waals surface area (Å²) in [5.74, 6) is 0.811. The summed E-state index contributed by atoms with van der Waals surface area (Å²) < 4.78 is 10.6. The molecule has 0 fully saturated rings. The molecule has 0 spiro atoms. The maximum Gasteiger partial charge on any atom is 0.407 e. The third-order valence-corrected chi connectivity index (χ3v) is 4.73. The molecule has 0 aliphatic carbocycles. The van der Waals surface area contributed by atoms with E-state index >= 15 is 0 Å². The molecule has 0 saturated carbocycles. The number of fused-ring (bicyclic) bond motifs is 4. The van der Waals surface area contributed by atoms with Gasteiger partial charge in [-0.15, -0.1) is 0 Å². The Morgan fingerprint density at radius 3 is 2.77 bits per heavy atom. The van der Waals surface area contributed by atoms with Crippen molar-refractivity contribution < 1.29 is 14.3 Å². The summed E-state index contributed by atoms with van der Waals surface area (Å²) in [7, 11) is 3.20. The van der Waals surface area contributed by atoms with E-state index in [1.165, 1.54) is 7.05 Å².